The first-order valence-electron chi connectivity index (χ1n) is 1.46. The van der Waals surface area contributed by atoms with E-state index in [1.807, 2.05) is 0 Å². The third-order valence-electron chi connectivity index (χ3n) is 0.192. The van der Waals surface area contributed by atoms with Crippen molar-refractivity contribution in [2.45, 2.75) is 0 Å². The lowest BCUT2D eigenvalue weighted by atomic mass is 11.1. The number of hydrogen-bond donors (Lipinski definition) is 1. The van der Waals surface area contributed by atoms with Crippen molar-refractivity contribution >= 4 is 0 Å². The molecule has 0 aliphatic rings. The summed E-state index contributed by atoms with van der Waals surface area (Å²) in [5, 5.41) is 5.50. The molecule has 0 aromatic rings. The zero-order valence-corrected chi connectivity index (χ0v) is 3.80. The van der Waals surface area contributed by atoms with Crippen molar-refractivity contribution in [2.75, 3.05) is 0 Å². The molecule has 0 spiro atoms. The Morgan fingerprint density at radius 1 is 1.29 bits per heavy atom. The third-order valence-corrected chi connectivity index (χ3v) is 0.192. The lowest BCUT2D eigenvalue weighted by molar-refractivity contribution is -0.0441. The van der Waals surface area contributed by atoms with E-state index >= 15 is 0 Å². The van der Waals surface area contributed by atoms with E-state index in [2.05, 4.69) is 17.9 Å². The molecule has 0 rings (SSSR count). The maximum atomic E-state index is 8.50. The molecule has 0 aliphatic carbocycles. The fraction of sp³-hybridized carbons (Fsp3) is 0. The molecule has 0 aromatic carbocycles. The second-order valence-electron chi connectivity index (χ2n) is 0.469. The molecule has 0 fully saturated rings. The monoisotopic (exact) mass is 106 g/mol. The van der Waals surface area contributed by atoms with Crippen LogP contribution in [0.2, 0.25) is 0 Å². The average molecular weight is 106 g/mol. The van der Waals surface area contributed by atoms with E-state index in [9.17, 15) is 0 Å². The lowest BCUT2D eigenvalue weighted by Gasteiger charge is -1.76. The van der Waals surface area contributed by atoms with Gasteiger partial charge in [-0.05, 0) is 0 Å². The van der Waals surface area contributed by atoms with E-state index in [1.54, 1.807) is 0 Å². The maximum absolute atomic E-state index is 8.50. The molecular formula is C4H7FO2. The molecule has 0 unspecified atom stereocenters. The van der Waals surface area contributed by atoms with E-state index < -0.39 is 0 Å². The second kappa shape index (κ2) is 19.1. The van der Waals surface area contributed by atoms with Gasteiger partial charge in [-0.3, -0.25) is 0 Å². The number of halogens is 1. The van der Waals surface area contributed by atoms with Crippen LogP contribution in [-0.2, 0) is 4.74 Å². The Labute approximate surface area is 41.4 Å². The Bertz CT molecular complexity index is 39.0. The molecule has 42 valence electrons. The van der Waals surface area contributed by atoms with Crippen molar-refractivity contribution in [3.8, 4) is 0 Å². The summed E-state index contributed by atoms with van der Waals surface area (Å²) >= 11 is 0. The molecule has 0 heterocycles. The molecule has 7 heavy (non-hydrogen) atoms. The van der Waals surface area contributed by atoms with Gasteiger partial charge in [0.1, 0.15) is 0 Å². The van der Waals surface area contributed by atoms with Gasteiger partial charge in [-0.2, -0.15) is 0 Å². The van der Waals surface area contributed by atoms with Crippen LogP contribution in [0.25, 0.3) is 0 Å². The second-order valence-corrected chi connectivity index (χ2v) is 0.469. The van der Waals surface area contributed by atoms with Gasteiger partial charge in [-0.15, -0.1) is 0 Å². The van der Waals surface area contributed by atoms with Crippen LogP contribution in [0.5, 0.6) is 0 Å². The highest BCUT2D eigenvalue weighted by Crippen LogP contribution is 1.65. The number of hydrogen-bond acceptors (Lipinski definition) is 2. The summed E-state index contributed by atoms with van der Waals surface area (Å²) in [6.07, 6.45) is 2.62. The van der Waals surface area contributed by atoms with Crippen LogP contribution in [0.1, 0.15) is 0 Å². The van der Waals surface area contributed by atoms with Crippen molar-refractivity contribution in [3.63, 3.8) is 0 Å². The van der Waals surface area contributed by atoms with Crippen molar-refractivity contribution < 1.29 is 14.6 Å². The van der Waals surface area contributed by atoms with Crippen molar-refractivity contribution in [1.29, 1.82) is 0 Å². The summed E-state index contributed by atoms with van der Waals surface area (Å²) in [7, 11) is 0. The molecule has 0 radical (unpaired) electrons. The summed E-state index contributed by atoms with van der Waals surface area (Å²) in [5.74, 6) is 0. The fourth-order valence-electron chi connectivity index (χ4n) is 0.0680. The van der Waals surface area contributed by atoms with Crippen LogP contribution in [0.3, 0.4) is 0 Å². The van der Waals surface area contributed by atoms with Crippen molar-refractivity contribution in [1.82, 2.24) is 0 Å². The molecule has 0 atom stereocenters. The van der Waals surface area contributed by atoms with Crippen LogP contribution in [0.4, 0.5) is 4.53 Å². The summed E-state index contributed by atoms with van der Waals surface area (Å²) in [6, 6.07) is 0. The zero-order chi connectivity index (χ0) is 6.12. The highest BCUT2D eigenvalue weighted by Gasteiger charge is 1.45. The average Bonchev–Trinajstić information content (AvgIpc) is 1.75. The van der Waals surface area contributed by atoms with E-state index in [4.69, 9.17) is 9.84 Å². The van der Waals surface area contributed by atoms with Gasteiger partial charge in [0, 0.05) is 0 Å². The summed E-state index contributed by atoms with van der Waals surface area (Å²) < 4.78 is 12.9. The third kappa shape index (κ3) is 38.0. The Morgan fingerprint density at radius 3 is 1.57 bits per heavy atom. The molecule has 0 amide bonds. The number of ether oxygens (including phenoxy) is 1. The smallest absolute Gasteiger partial charge is 0.0829 e. The van der Waals surface area contributed by atoms with E-state index in [1.165, 1.54) is 12.5 Å². The van der Waals surface area contributed by atoms with Crippen LogP contribution in [0, 0.1) is 0 Å². The molecular weight excluding hydrogens is 99.0 g/mol. The first-order valence-corrected chi connectivity index (χ1v) is 1.46. The highest BCUT2D eigenvalue weighted by molar-refractivity contribution is 4.57. The van der Waals surface area contributed by atoms with Crippen molar-refractivity contribution in [2.24, 2.45) is 0 Å². The predicted octanol–water partition coefficient (Wildman–Crippen LogP) is 1.15. The largest absolute Gasteiger partial charge is 0.474 e. The van der Waals surface area contributed by atoms with Gasteiger partial charge in [0.25, 0.3) is 0 Å². The molecule has 0 aromatic heterocycles. The molecule has 1 N–H and O–H groups in total. The fourth-order valence-corrected chi connectivity index (χ4v) is 0.0680. The van der Waals surface area contributed by atoms with Crippen molar-refractivity contribution in [3.05, 3.63) is 25.7 Å². The van der Waals surface area contributed by atoms with E-state index in [0.29, 0.717) is 0 Å². The van der Waals surface area contributed by atoms with Gasteiger partial charge in [-0.25, -0.2) is 5.31 Å². The SMILES string of the molecule is C=COC=C.OF. The van der Waals surface area contributed by atoms with Gasteiger partial charge >= 0.3 is 0 Å². The molecule has 0 aliphatic heterocycles. The van der Waals surface area contributed by atoms with Crippen LogP contribution < -0.4 is 0 Å². The normalized spacial score (nSPS) is 4.86. The molecule has 0 saturated heterocycles. The number of rotatable bonds is 2. The molecule has 3 heteroatoms. The Morgan fingerprint density at radius 2 is 1.57 bits per heavy atom. The minimum Gasteiger partial charge on any atom is -0.474 e. The first kappa shape index (κ1) is 9.48. The quantitative estimate of drug-likeness (QED) is 0.535. The highest BCUT2D eigenvalue weighted by atomic mass is 19.3. The minimum absolute atomic E-state index is 1.31. The zero-order valence-electron chi connectivity index (χ0n) is 3.80. The van der Waals surface area contributed by atoms with Gasteiger partial charge < -0.3 is 4.74 Å². The predicted molar refractivity (Wildman–Crippen MR) is 24.8 cm³/mol. The van der Waals surface area contributed by atoms with E-state index in [-0.39, 0.29) is 0 Å². The molecule has 0 saturated carbocycles. The van der Waals surface area contributed by atoms with E-state index in [0.717, 1.165) is 0 Å². The Kier molecular flexibility index (Phi) is 25.9. The minimum atomic E-state index is 1.31. The van der Waals surface area contributed by atoms with Crippen LogP contribution in [0.15, 0.2) is 25.7 Å². The van der Waals surface area contributed by atoms with Gasteiger partial charge in [0.15, 0.2) is 0 Å². The summed E-state index contributed by atoms with van der Waals surface area (Å²) in [6.45, 7) is 6.51. The van der Waals surface area contributed by atoms with Gasteiger partial charge in [0.2, 0.25) is 0 Å². The summed E-state index contributed by atoms with van der Waals surface area (Å²) in [5.41, 5.74) is 0. The first-order chi connectivity index (χ1) is 3.41. The lowest BCUT2D eigenvalue weighted by Crippen LogP contribution is -1.52. The Balaban J connectivity index is 0. The standard InChI is InChI=1S/C4H6O.FHO/c1-3-5-4-2;1-2/h3-4H,1-2H2;2H. The van der Waals surface area contributed by atoms with Gasteiger partial charge in [-0.1, -0.05) is 17.7 Å². The molecule has 2 nitrogen and oxygen atoms in total. The molecule has 0 bridgehead atoms. The van der Waals surface area contributed by atoms with Crippen LogP contribution >= 0.6 is 0 Å². The summed E-state index contributed by atoms with van der Waals surface area (Å²) in [4.78, 5) is 0. The van der Waals surface area contributed by atoms with Crippen LogP contribution in [-0.4, -0.2) is 5.31 Å². The Hall–Kier alpha value is -0.830. The van der Waals surface area contributed by atoms with Gasteiger partial charge in [0.05, 0.1) is 12.5 Å². The maximum Gasteiger partial charge on any atom is 0.0829 e. The topological polar surface area (TPSA) is 29.5 Å².